The normalized spacial score (nSPS) is 14.6. The molecule has 0 saturated heterocycles. The Labute approximate surface area is 166 Å². The number of carbonyl (C=O) groups excluding carboxylic acids is 2. The molecule has 1 unspecified atom stereocenters. The van der Waals surface area contributed by atoms with E-state index in [0.29, 0.717) is 17.2 Å². The summed E-state index contributed by atoms with van der Waals surface area (Å²) in [6.07, 6.45) is 1.58. The number of hydrogen-bond donors (Lipinski definition) is 2. The number of aromatic amines is 1. The first-order chi connectivity index (χ1) is 11.6. The fraction of sp³-hybridized carbons (Fsp3) is 0.150. The number of nitrogens with zero attached hydrogens (tertiary/aromatic N) is 1. The van der Waals surface area contributed by atoms with E-state index in [-0.39, 0.29) is 28.5 Å². The number of rotatable bonds is 3. The van der Waals surface area contributed by atoms with Crippen molar-refractivity contribution in [3.05, 3.63) is 72.5 Å². The van der Waals surface area contributed by atoms with E-state index in [4.69, 9.17) is 0 Å². The van der Waals surface area contributed by atoms with Crippen LogP contribution in [-0.2, 0) is 25.9 Å². The molecule has 5 nitrogen and oxygen atoms in total. The van der Waals surface area contributed by atoms with Crippen molar-refractivity contribution >= 4 is 34.0 Å². The standard InChI is InChI=1S/C19H16N3O2.CH3.W/c1-11-9-20-17-8-12(6-7-13(11)17)22-19(24)18(23)15-10-21-16-5-3-2-4-14(15)16;;/h2-8,10-11H,9H2,1H3,(H,21,23)(H,22,24);1H3;/q2*-1;+2. The van der Waals surface area contributed by atoms with Crippen LogP contribution >= 0.6 is 0 Å². The molecule has 1 atom stereocenters. The van der Waals surface area contributed by atoms with Gasteiger partial charge in [-0.1, -0.05) is 42.8 Å². The van der Waals surface area contributed by atoms with Gasteiger partial charge in [0.2, 0.25) is 0 Å². The van der Waals surface area contributed by atoms with E-state index >= 15 is 0 Å². The number of hydrogen-bond acceptors (Lipinski definition) is 2. The summed E-state index contributed by atoms with van der Waals surface area (Å²) < 4.78 is 0. The van der Waals surface area contributed by atoms with Crippen molar-refractivity contribution in [2.75, 3.05) is 11.9 Å². The number of nitrogens with one attached hydrogen (secondary N) is 2. The monoisotopic (exact) mass is 517 g/mol. The van der Waals surface area contributed by atoms with Crippen LogP contribution in [0, 0.1) is 7.43 Å². The third-order valence-corrected chi connectivity index (χ3v) is 4.39. The number of carbonyl (C=O) groups is 2. The largest absolute Gasteiger partial charge is 2.00 e. The summed E-state index contributed by atoms with van der Waals surface area (Å²) in [5.74, 6) is -0.804. The molecule has 2 N–H and O–H groups in total. The molecule has 1 aliphatic heterocycles. The Balaban J connectivity index is 0.00000121. The number of anilines is 1. The summed E-state index contributed by atoms with van der Waals surface area (Å²) in [6, 6.07) is 13.0. The zero-order valence-electron chi connectivity index (χ0n) is 14.6. The van der Waals surface area contributed by atoms with Gasteiger partial charge in [0.25, 0.3) is 11.7 Å². The van der Waals surface area contributed by atoms with Crippen molar-refractivity contribution in [3.8, 4) is 0 Å². The number of H-pyrrole nitrogens is 1. The van der Waals surface area contributed by atoms with E-state index in [9.17, 15) is 9.59 Å². The van der Waals surface area contributed by atoms with Gasteiger partial charge in [-0.05, 0) is 18.1 Å². The van der Waals surface area contributed by atoms with Crippen LogP contribution in [0.3, 0.4) is 0 Å². The number of ketones is 1. The molecular weight excluding hydrogens is 498 g/mol. The van der Waals surface area contributed by atoms with Gasteiger partial charge in [-0.25, -0.2) is 0 Å². The van der Waals surface area contributed by atoms with E-state index in [1.165, 1.54) is 5.56 Å². The van der Waals surface area contributed by atoms with Gasteiger partial charge in [0, 0.05) is 22.8 Å². The topological polar surface area (TPSA) is 76.1 Å². The van der Waals surface area contributed by atoms with Crippen LogP contribution in [0.5, 0.6) is 0 Å². The molecule has 1 aromatic heterocycles. The van der Waals surface area contributed by atoms with Crippen molar-refractivity contribution in [1.29, 1.82) is 0 Å². The first kappa shape index (κ1) is 19.9. The average Bonchev–Trinajstić information content (AvgIpc) is 3.18. The van der Waals surface area contributed by atoms with Crippen LogP contribution in [0.25, 0.3) is 16.2 Å². The first-order valence-electron chi connectivity index (χ1n) is 7.87. The molecule has 0 fully saturated rings. The molecule has 6 heteroatoms. The summed E-state index contributed by atoms with van der Waals surface area (Å²) in [5.41, 5.74) is 3.86. The summed E-state index contributed by atoms with van der Waals surface area (Å²) in [4.78, 5) is 27.8. The van der Waals surface area contributed by atoms with Gasteiger partial charge < -0.3 is 23.0 Å². The molecule has 2 heterocycles. The molecule has 1 aliphatic rings. The van der Waals surface area contributed by atoms with Crippen LogP contribution in [0.1, 0.15) is 28.8 Å². The molecule has 0 bridgehead atoms. The molecule has 0 spiro atoms. The van der Waals surface area contributed by atoms with E-state index in [0.717, 1.165) is 23.1 Å². The maximum absolute atomic E-state index is 12.5. The van der Waals surface area contributed by atoms with Crippen LogP contribution < -0.4 is 5.32 Å². The van der Waals surface area contributed by atoms with E-state index < -0.39 is 11.7 Å². The molecule has 3 aromatic rings. The van der Waals surface area contributed by atoms with E-state index in [1.807, 2.05) is 42.5 Å². The Hall–Kier alpha value is -2.39. The molecule has 0 aliphatic carbocycles. The minimum absolute atomic E-state index is 0. The Morgan fingerprint density at radius 3 is 2.77 bits per heavy atom. The predicted molar refractivity (Wildman–Crippen MR) is 100 cm³/mol. The second kappa shape index (κ2) is 7.88. The maximum Gasteiger partial charge on any atom is 2.00 e. The number of Topliss-reactive ketones (excluding diaryl/α,β-unsaturated/α-hetero) is 1. The van der Waals surface area contributed by atoms with Crippen LogP contribution in [0.2, 0.25) is 0 Å². The van der Waals surface area contributed by atoms with E-state index in [2.05, 4.69) is 22.5 Å². The Kier molecular flexibility index (Phi) is 6.04. The molecule has 2 aromatic carbocycles. The first-order valence-corrected chi connectivity index (χ1v) is 7.87. The number of amides is 1. The Morgan fingerprint density at radius 2 is 1.96 bits per heavy atom. The van der Waals surface area contributed by atoms with Gasteiger partial charge in [0.05, 0.1) is 5.56 Å². The van der Waals surface area contributed by atoms with Gasteiger partial charge in [-0.3, -0.25) is 9.59 Å². The van der Waals surface area contributed by atoms with Gasteiger partial charge in [0.1, 0.15) is 0 Å². The zero-order valence-corrected chi connectivity index (χ0v) is 17.5. The quantitative estimate of drug-likeness (QED) is 0.304. The van der Waals surface area contributed by atoms with Crippen molar-refractivity contribution in [3.63, 3.8) is 0 Å². The number of fused-ring (bicyclic) bond motifs is 2. The smallest absolute Gasteiger partial charge is 0.684 e. The van der Waals surface area contributed by atoms with Crippen molar-refractivity contribution in [1.82, 2.24) is 4.98 Å². The Morgan fingerprint density at radius 1 is 1.19 bits per heavy atom. The fourth-order valence-corrected chi connectivity index (χ4v) is 3.08. The third kappa shape index (κ3) is 3.45. The van der Waals surface area contributed by atoms with E-state index in [1.54, 1.807) is 6.20 Å². The van der Waals surface area contributed by atoms with Gasteiger partial charge in [-0.15, -0.1) is 12.2 Å². The minimum Gasteiger partial charge on any atom is -0.684 e. The van der Waals surface area contributed by atoms with Crippen molar-refractivity contribution in [2.24, 2.45) is 0 Å². The summed E-state index contributed by atoms with van der Waals surface area (Å²) >= 11 is 0. The Bertz CT molecular complexity index is 965. The van der Waals surface area contributed by atoms with Crippen LogP contribution in [0.4, 0.5) is 11.4 Å². The predicted octanol–water partition coefficient (Wildman–Crippen LogP) is 4.56. The SMILES string of the molecule is CC1C[N-]c2cc(NC(=O)C(=O)c3c[nH]c4ccccc34)ccc21.[CH3-].[W+2]. The van der Waals surface area contributed by atoms with Crippen molar-refractivity contribution < 1.29 is 30.7 Å². The summed E-state index contributed by atoms with van der Waals surface area (Å²) in [6.45, 7) is 2.88. The zero-order chi connectivity index (χ0) is 16.7. The molecule has 4 rings (SSSR count). The van der Waals surface area contributed by atoms with Crippen LogP contribution in [-0.4, -0.2) is 23.2 Å². The average molecular weight is 517 g/mol. The van der Waals surface area contributed by atoms with Gasteiger partial charge >= 0.3 is 21.1 Å². The molecule has 132 valence electrons. The molecule has 1 amide bonds. The molecule has 0 saturated carbocycles. The summed E-state index contributed by atoms with van der Waals surface area (Å²) in [7, 11) is 0. The number of aromatic nitrogens is 1. The fourth-order valence-electron chi connectivity index (χ4n) is 3.08. The van der Waals surface area contributed by atoms with Crippen LogP contribution in [0.15, 0.2) is 48.7 Å². The van der Waals surface area contributed by atoms with Gasteiger partial charge in [0.15, 0.2) is 0 Å². The van der Waals surface area contributed by atoms with Gasteiger partial charge in [-0.2, -0.15) is 0 Å². The summed E-state index contributed by atoms with van der Waals surface area (Å²) in [5, 5.41) is 7.87. The number of para-hydroxylation sites is 1. The minimum atomic E-state index is -0.647. The molecular formula is C20H19N3O2W. The maximum atomic E-state index is 12.5. The van der Waals surface area contributed by atoms with Crippen molar-refractivity contribution in [2.45, 2.75) is 12.8 Å². The molecule has 0 radical (unpaired) electrons. The molecule has 26 heavy (non-hydrogen) atoms. The third-order valence-electron chi connectivity index (χ3n) is 4.39. The second-order valence-electron chi connectivity index (χ2n) is 6.05. The second-order valence-corrected chi connectivity index (χ2v) is 6.05. The number of benzene rings is 2.